The minimum absolute atomic E-state index is 0.0874. The molecule has 0 atom stereocenters. The normalized spacial score (nSPS) is 13.9. The van der Waals surface area contributed by atoms with Crippen LogP contribution in [0, 0.1) is 0 Å². The first-order valence-corrected chi connectivity index (χ1v) is 15.8. The third-order valence-electron chi connectivity index (χ3n) is 8.61. The largest absolute Gasteiger partial charge is 0.507 e. The first-order valence-electron chi connectivity index (χ1n) is 14.8. The van der Waals surface area contributed by atoms with Crippen molar-refractivity contribution in [3.63, 3.8) is 0 Å². The van der Waals surface area contributed by atoms with Gasteiger partial charge in [0.05, 0.1) is 17.2 Å². The van der Waals surface area contributed by atoms with Gasteiger partial charge in [0.1, 0.15) is 5.75 Å². The molecule has 212 valence electrons. The van der Waals surface area contributed by atoms with Crippen LogP contribution in [-0.4, -0.2) is 15.1 Å². The topological polar surface area (TPSA) is 66.0 Å². The number of phenolic OH excluding ortho intramolecular Hbond substituents is 1. The maximum atomic E-state index is 11.1. The Bertz CT molecular complexity index is 2060. The van der Waals surface area contributed by atoms with Crippen LogP contribution >= 0.6 is 11.3 Å². The summed E-state index contributed by atoms with van der Waals surface area (Å²) in [5.41, 5.74) is 11.4. The van der Waals surface area contributed by atoms with Crippen LogP contribution in [0.15, 0.2) is 118 Å². The van der Waals surface area contributed by atoms with Gasteiger partial charge in [-0.15, -0.1) is 0 Å². The second-order valence-electron chi connectivity index (χ2n) is 11.2. The van der Waals surface area contributed by atoms with Crippen LogP contribution < -0.4 is 5.56 Å². The number of hydrogen-bond acceptors (Lipinski definition) is 4. The number of para-hydroxylation sites is 2. The minimum Gasteiger partial charge on any atom is -0.507 e. The lowest BCUT2D eigenvalue weighted by Gasteiger charge is -2.26. The molecule has 8 rings (SSSR count). The van der Waals surface area contributed by atoms with Crippen LogP contribution in [-0.2, 0) is 19.3 Å². The van der Waals surface area contributed by atoms with Gasteiger partial charge in [-0.25, -0.2) is 4.98 Å². The van der Waals surface area contributed by atoms with Gasteiger partial charge in [-0.2, -0.15) is 11.3 Å². The summed E-state index contributed by atoms with van der Waals surface area (Å²) >= 11 is 1.76. The molecule has 0 unspecified atom stereocenters. The van der Waals surface area contributed by atoms with Crippen molar-refractivity contribution in [2.75, 3.05) is 0 Å². The molecule has 6 aromatic rings. The number of nitrogens with one attached hydrogen (secondary N) is 1. The number of aryl methyl sites for hydroxylation is 3. The van der Waals surface area contributed by atoms with E-state index in [1.54, 1.807) is 29.0 Å². The van der Waals surface area contributed by atoms with Gasteiger partial charge in [-0.05, 0) is 124 Å². The Morgan fingerprint density at radius 1 is 0.837 bits per heavy atom. The molecule has 2 aliphatic carbocycles. The molecule has 2 N–H and O–H groups in total. The van der Waals surface area contributed by atoms with Gasteiger partial charge >= 0.3 is 0 Å². The van der Waals surface area contributed by atoms with Crippen molar-refractivity contribution in [2.45, 2.75) is 38.5 Å². The molecule has 0 aliphatic heterocycles. The zero-order chi connectivity index (χ0) is 29.2. The van der Waals surface area contributed by atoms with Gasteiger partial charge < -0.3 is 10.1 Å². The highest BCUT2D eigenvalue weighted by Gasteiger charge is 2.22. The summed E-state index contributed by atoms with van der Waals surface area (Å²) in [6.45, 7) is 0. The number of nitrogens with zero attached hydrogens (tertiary/aromatic N) is 1. The molecule has 0 fully saturated rings. The van der Waals surface area contributed by atoms with Crippen molar-refractivity contribution in [1.29, 1.82) is 0 Å². The summed E-state index contributed by atoms with van der Waals surface area (Å²) in [4.78, 5) is 17.6. The maximum absolute atomic E-state index is 11.1. The van der Waals surface area contributed by atoms with Crippen LogP contribution in [0.25, 0.3) is 38.4 Å². The number of H-pyrrole nitrogens is 1. The number of aromatic amines is 1. The zero-order valence-electron chi connectivity index (χ0n) is 23.8. The zero-order valence-corrected chi connectivity index (χ0v) is 24.7. The number of phenols is 1. The predicted octanol–water partition coefficient (Wildman–Crippen LogP) is 9.03. The smallest absolute Gasteiger partial charge is 0.258 e. The van der Waals surface area contributed by atoms with Crippen LogP contribution in [0.3, 0.4) is 0 Å². The Kier molecular flexibility index (Phi) is 7.48. The molecule has 5 heteroatoms. The number of aromatic hydroxyl groups is 1. The highest BCUT2D eigenvalue weighted by Crippen LogP contribution is 2.42. The standard InChI is InChI=1S/C30H26OS.C8H6N2O/c31-30-8-4-3-7-27(30)29-18-23-12-14-25-24-6-2-1-5-21(24)11-13-26(25)28(23)17-22(29)10-9-20-15-16-32-19-20;11-8-6-3-1-2-4-7(6)9-5-10-8/h2-4,6-8,12,14-19,31H,1,5,9-11,13H2;1-5H,(H,9,10,11). The maximum Gasteiger partial charge on any atom is 0.258 e. The Balaban J connectivity index is 0.000000229. The highest BCUT2D eigenvalue weighted by molar-refractivity contribution is 7.07. The monoisotopic (exact) mass is 580 g/mol. The first kappa shape index (κ1) is 27.1. The average molecular weight is 581 g/mol. The van der Waals surface area contributed by atoms with E-state index in [-0.39, 0.29) is 5.56 Å². The van der Waals surface area contributed by atoms with E-state index in [9.17, 15) is 9.90 Å². The van der Waals surface area contributed by atoms with E-state index >= 15 is 0 Å². The Hall–Kier alpha value is -4.74. The van der Waals surface area contributed by atoms with E-state index < -0.39 is 0 Å². The number of aromatic nitrogens is 2. The van der Waals surface area contributed by atoms with E-state index in [4.69, 9.17) is 0 Å². The van der Waals surface area contributed by atoms with Gasteiger partial charge in [-0.3, -0.25) is 4.79 Å². The molecule has 0 spiro atoms. The number of allylic oxidation sites excluding steroid dienone is 4. The summed E-state index contributed by atoms with van der Waals surface area (Å²) in [5.74, 6) is 0.351. The summed E-state index contributed by atoms with van der Waals surface area (Å²) in [7, 11) is 0. The molecular weight excluding hydrogens is 548 g/mol. The van der Waals surface area contributed by atoms with Crippen molar-refractivity contribution in [1.82, 2.24) is 9.97 Å². The van der Waals surface area contributed by atoms with Crippen molar-refractivity contribution in [2.24, 2.45) is 0 Å². The van der Waals surface area contributed by atoms with Crippen LogP contribution in [0.5, 0.6) is 5.75 Å². The molecule has 0 saturated heterocycles. The number of fused-ring (bicyclic) bond motifs is 5. The number of hydrogen-bond donors (Lipinski definition) is 2. The SMILES string of the molecule is O=c1[nH]cnc2ccccc12.Oc1ccccc1-c1cc2ccc3c(c2cc1CCc1ccsc1)CCC1=C3C=CCC1. The van der Waals surface area contributed by atoms with E-state index in [1.807, 2.05) is 36.4 Å². The van der Waals surface area contributed by atoms with E-state index in [0.29, 0.717) is 11.1 Å². The fourth-order valence-electron chi connectivity index (χ4n) is 6.42. The Labute approximate surface area is 254 Å². The fourth-order valence-corrected chi connectivity index (χ4v) is 7.12. The molecule has 4 aromatic carbocycles. The van der Waals surface area contributed by atoms with Crippen LogP contribution in [0.2, 0.25) is 0 Å². The quantitative estimate of drug-likeness (QED) is 0.219. The number of thiophene rings is 1. The van der Waals surface area contributed by atoms with Crippen molar-refractivity contribution in [3.8, 4) is 16.9 Å². The summed E-state index contributed by atoms with van der Waals surface area (Å²) in [5, 5.41) is 18.3. The second-order valence-corrected chi connectivity index (χ2v) is 12.0. The first-order chi connectivity index (χ1) is 21.2. The molecular formula is C38H32N2O2S. The van der Waals surface area contributed by atoms with Crippen molar-refractivity contribution < 1.29 is 5.11 Å². The molecule has 0 saturated carbocycles. The summed E-state index contributed by atoms with van der Waals surface area (Å²) in [6, 6.07) is 26.5. The van der Waals surface area contributed by atoms with E-state index in [2.05, 4.69) is 63.2 Å². The van der Waals surface area contributed by atoms with Gasteiger partial charge in [-0.1, -0.05) is 66.3 Å². The third kappa shape index (κ3) is 5.44. The lowest BCUT2D eigenvalue weighted by molar-refractivity contribution is 0.477. The molecule has 0 bridgehead atoms. The van der Waals surface area contributed by atoms with E-state index in [1.165, 1.54) is 64.2 Å². The second kappa shape index (κ2) is 11.9. The van der Waals surface area contributed by atoms with Crippen LogP contribution in [0.1, 0.15) is 41.5 Å². The van der Waals surface area contributed by atoms with Crippen LogP contribution in [0.4, 0.5) is 0 Å². The van der Waals surface area contributed by atoms with Gasteiger partial charge in [0, 0.05) is 5.56 Å². The molecule has 4 nitrogen and oxygen atoms in total. The molecule has 43 heavy (non-hydrogen) atoms. The van der Waals surface area contributed by atoms with Gasteiger partial charge in [0.2, 0.25) is 0 Å². The fraction of sp³-hybridized carbons (Fsp3) is 0.158. The average Bonchev–Trinajstić information content (AvgIpc) is 3.58. The Morgan fingerprint density at radius 3 is 2.58 bits per heavy atom. The van der Waals surface area contributed by atoms with Crippen molar-refractivity contribution in [3.05, 3.63) is 146 Å². The number of benzene rings is 4. The third-order valence-corrected chi connectivity index (χ3v) is 9.34. The molecule has 2 aromatic heterocycles. The number of rotatable bonds is 4. The highest BCUT2D eigenvalue weighted by atomic mass is 32.1. The molecule has 2 heterocycles. The Morgan fingerprint density at radius 2 is 1.72 bits per heavy atom. The summed E-state index contributed by atoms with van der Waals surface area (Å²) < 4.78 is 0. The molecule has 0 radical (unpaired) electrons. The minimum atomic E-state index is -0.0874. The lowest BCUT2D eigenvalue weighted by atomic mass is 9.79. The van der Waals surface area contributed by atoms with Gasteiger partial charge in [0.25, 0.3) is 5.56 Å². The lowest BCUT2D eigenvalue weighted by Crippen LogP contribution is -2.07. The van der Waals surface area contributed by atoms with Crippen molar-refractivity contribution >= 4 is 38.6 Å². The molecule has 2 aliphatic rings. The summed E-state index contributed by atoms with van der Waals surface area (Å²) in [6.07, 6.45) is 12.7. The van der Waals surface area contributed by atoms with Gasteiger partial charge in [0.15, 0.2) is 0 Å². The molecule has 0 amide bonds. The predicted molar refractivity (Wildman–Crippen MR) is 179 cm³/mol. The van der Waals surface area contributed by atoms with E-state index in [0.717, 1.165) is 35.9 Å².